The lowest BCUT2D eigenvalue weighted by Crippen LogP contribution is -2.46. The number of aryl methyl sites for hydroxylation is 3. The molecule has 0 aliphatic rings. The molecular weight excluding hydrogens is 302 g/mol. The maximum absolute atomic E-state index is 12.9. The number of nitrogens with zero attached hydrogens (tertiary/aromatic N) is 1. The first-order valence-corrected chi connectivity index (χ1v) is 8.88. The lowest BCUT2D eigenvalue weighted by molar-refractivity contribution is -0.155. The van der Waals surface area contributed by atoms with E-state index < -0.39 is 6.04 Å². The highest BCUT2D eigenvalue weighted by Gasteiger charge is 2.29. The molecule has 0 radical (unpaired) electrons. The van der Waals surface area contributed by atoms with Gasteiger partial charge >= 0.3 is 5.97 Å². The maximum atomic E-state index is 12.9. The first kappa shape index (κ1) is 20.2. The van der Waals surface area contributed by atoms with Crippen molar-refractivity contribution in [2.24, 2.45) is 0 Å². The van der Waals surface area contributed by atoms with Crippen LogP contribution in [-0.4, -0.2) is 36.0 Å². The number of esters is 1. The summed E-state index contributed by atoms with van der Waals surface area (Å²) in [7, 11) is 0. The molecule has 0 bridgehead atoms. The molecule has 4 heteroatoms. The van der Waals surface area contributed by atoms with E-state index in [1.807, 2.05) is 27.7 Å². The van der Waals surface area contributed by atoms with Crippen molar-refractivity contribution in [2.75, 3.05) is 13.2 Å². The molecule has 1 aromatic rings. The van der Waals surface area contributed by atoms with E-state index in [1.54, 1.807) is 11.8 Å². The monoisotopic (exact) mass is 333 g/mol. The van der Waals surface area contributed by atoms with E-state index in [0.717, 1.165) is 23.1 Å². The highest BCUT2D eigenvalue weighted by Crippen LogP contribution is 2.19. The Bertz CT molecular complexity index is 557. The van der Waals surface area contributed by atoms with Gasteiger partial charge < -0.3 is 9.64 Å². The number of likely N-dealkylation sites (N-methyl/N-ethyl adjacent to an activating group) is 1. The first-order valence-electron chi connectivity index (χ1n) is 8.88. The second kappa shape index (κ2) is 9.45. The van der Waals surface area contributed by atoms with Gasteiger partial charge in [-0.05, 0) is 57.7 Å². The summed E-state index contributed by atoms with van der Waals surface area (Å²) in [4.78, 5) is 26.8. The minimum absolute atomic E-state index is 0.0148. The molecule has 134 valence electrons. The fraction of sp³-hybridized carbons (Fsp3) is 0.600. The Labute approximate surface area is 146 Å². The molecule has 1 aromatic carbocycles. The third-order valence-electron chi connectivity index (χ3n) is 4.33. The van der Waals surface area contributed by atoms with E-state index in [0.29, 0.717) is 26.0 Å². The molecule has 1 amide bonds. The summed E-state index contributed by atoms with van der Waals surface area (Å²) in [5.41, 5.74) is 4.51. The molecule has 0 heterocycles. The van der Waals surface area contributed by atoms with Gasteiger partial charge in [0.25, 0.3) is 0 Å². The first-order chi connectivity index (χ1) is 11.3. The number of benzene rings is 1. The summed E-state index contributed by atoms with van der Waals surface area (Å²) in [6.07, 6.45) is 1.78. The zero-order valence-electron chi connectivity index (χ0n) is 15.9. The van der Waals surface area contributed by atoms with Crippen molar-refractivity contribution in [1.82, 2.24) is 4.90 Å². The molecule has 1 atom stereocenters. The number of hydrogen-bond donors (Lipinski definition) is 0. The van der Waals surface area contributed by atoms with Crippen LogP contribution >= 0.6 is 0 Å². The predicted octanol–water partition coefficient (Wildman–Crippen LogP) is 3.73. The molecule has 0 aliphatic carbocycles. The highest BCUT2D eigenvalue weighted by molar-refractivity contribution is 5.86. The van der Waals surface area contributed by atoms with Crippen LogP contribution in [0.25, 0.3) is 0 Å². The van der Waals surface area contributed by atoms with E-state index in [9.17, 15) is 9.59 Å². The molecule has 0 fully saturated rings. The average molecular weight is 333 g/mol. The molecule has 24 heavy (non-hydrogen) atoms. The van der Waals surface area contributed by atoms with Gasteiger partial charge in [-0.25, -0.2) is 4.79 Å². The predicted molar refractivity (Wildman–Crippen MR) is 97.1 cm³/mol. The second-order valence-corrected chi connectivity index (χ2v) is 6.29. The molecule has 1 unspecified atom stereocenters. The average Bonchev–Trinajstić information content (AvgIpc) is 2.50. The van der Waals surface area contributed by atoms with Crippen molar-refractivity contribution in [3.8, 4) is 0 Å². The van der Waals surface area contributed by atoms with Crippen LogP contribution in [0.1, 0.15) is 55.9 Å². The summed E-state index contributed by atoms with van der Waals surface area (Å²) < 4.78 is 5.17. The van der Waals surface area contributed by atoms with Gasteiger partial charge in [-0.3, -0.25) is 4.79 Å². The molecular formula is C20H31NO3. The Balaban J connectivity index is 3.02. The molecule has 1 rings (SSSR count). The highest BCUT2D eigenvalue weighted by atomic mass is 16.5. The molecule has 0 aromatic heterocycles. The number of hydrogen-bond acceptors (Lipinski definition) is 3. The Kier molecular flexibility index (Phi) is 7.96. The van der Waals surface area contributed by atoms with Crippen LogP contribution in [0.5, 0.6) is 0 Å². The topological polar surface area (TPSA) is 46.6 Å². The Morgan fingerprint density at radius 1 is 1.08 bits per heavy atom. The third kappa shape index (κ3) is 5.08. The quantitative estimate of drug-likeness (QED) is 0.681. The Morgan fingerprint density at radius 2 is 1.67 bits per heavy atom. The smallest absolute Gasteiger partial charge is 0.328 e. The summed E-state index contributed by atoms with van der Waals surface area (Å²) in [6, 6.07) is 3.71. The van der Waals surface area contributed by atoms with Gasteiger partial charge in [0.1, 0.15) is 6.04 Å². The SMILES string of the molecule is CCCC(C(=O)OCC)N(CC)C(=O)Cc1c(C)cc(C)cc1C. The van der Waals surface area contributed by atoms with Crippen molar-refractivity contribution in [2.45, 2.75) is 66.8 Å². The van der Waals surface area contributed by atoms with Gasteiger partial charge in [0.2, 0.25) is 5.91 Å². The van der Waals surface area contributed by atoms with E-state index >= 15 is 0 Å². The molecule has 0 saturated heterocycles. The maximum Gasteiger partial charge on any atom is 0.328 e. The van der Waals surface area contributed by atoms with Crippen LogP contribution in [0.4, 0.5) is 0 Å². The number of ether oxygens (including phenoxy) is 1. The van der Waals surface area contributed by atoms with E-state index in [4.69, 9.17) is 4.74 Å². The van der Waals surface area contributed by atoms with Crippen molar-refractivity contribution in [3.05, 3.63) is 34.4 Å². The lowest BCUT2D eigenvalue weighted by atomic mass is 9.96. The fourth-order valence-corrected chi connectivity index (χ4v) is 3.22. The Hall–Kier alpha value is -1.84. The fourth-order valence-electron chi connectivity index (χ4n) is 3.22. The lowest BCUT2D eigenvalue weighted by Gasteiger charge is -2.29. The summed E-state index contributed by atoms with van der Waals surface area (Å²) >= 11 is 0. The van der Waals surface area contributed by atoms with Gasteiger partial charge in [0.15, 0.2) is 0 Å². The number of carbonyl (C=O) groups excluding carboxylic acids is 2. The van der Waals surface area contributed by atoms with Crippen molar-refractivity contribution in [1.29, 1.82) is 0 Å². The van der Waals surface area contributed by atoms with Gasteiger partial charge in [0.05, 0.1) is 13.0 Å². The molecule has 0 aliphatic heterocycles. The van der Waals surface area contributed by atoms with Crippen LogP contribution < -0.4 is 0 Å². The molecule has 0 N–H and O–H groups in total. The van der Waals surface area contributed by atoms with Gasteiger partial charge in [-0.1, -0.05) is 31.0 Å². The van der Waals surface area contributed by atoms with Gasteiger partial charge in [-0.15, -0.1) is 0 Å². The van der Waals surface area contributed by atoms with E-state index in [1.165, 1.54) is 5.56 Å². The van der Waals surface area contributed by atoms with Crippen LogP contribution in [0.3, 0.4) is 0 Å². The van der Waals surface area contributed by atoms with Crippen LogP contribution in [-0.2, 0) is 20.7 Å². The molecule has 0 spiro atoms. The van der Waals surface area contributed by atoms with Crippen LogP contribution in [0.2, 0.25) is 0 Å². The van der Waals surface area contributed by atoms with Gasteiger partial charge in [-0.2, -0.15) is 0 Å². The number of amides is 1. The van der Waals surface area contributed by atoms with Crippen LogP contribution in [0, 0.1) is 20.8 Å². The summed E-state index contributed by atoms with van der Waals surface area (Å²) in [6.45, 7) is 12.7. The summed E-state index contributed by atoms with van der Waals surface area (Å²) in [5, 5.41) is 0. The number of rotatable bonds is 8. The minimum Gasteiger partial charge on any atom is -0.464 e. The normalized spacial score (nSPS) is 11.9. The second-order valence-electron chi connectivity index (χ2n) is 6.29. The van der Waals surface area contributed by atoms with E-state index in [2.05, 4.69) is 19.1 Å². The minimum atomic E-state index is -0.487. The van der Waals surface area contributed by atoms with Crippen LogP contribution in [0.15, 0.2) is 12.1 Å². The summed E-state index contributed by atoms with van der Waals surface area (Å²) in [5.74, 6) is -0.314. The molecule has 4 nitrogen and oxygen atoms in total. The number of carbonyl (C=O) groups is 2. The largest absolute Gasteiger partial charge is 0.464 e. The van der Waals surface area contributed by atoms with Crippen molar-refractivity contribution < 1.29 is 14.3 Å². The third-order valence-corrected chi connectivity index (χ3v) is 4.33. The Morgan fingerprint density at radius 3 is 2.12 bits per heavy atom. The van der Waals surface area contributed by atoms with Gasteiger partial charge in [0, 0.05) is 6.54 Å². The standard InChI is InChI=1S/C20H31NO3/c1-7-10-18(20(23)24-9-3)21(8-2)19(22)13-17-15(5)11-14(4)12-16(17)6/h11-12,18H,7-10,13H2,1-6H3. The van der Waals surface area contributed by atoms with Crippen molar-refractivity contribution >= 4 is 11.9 Å². The van der Waals surface area contributed by atoms with E-state index in [-0.39, 0.29) is 11.9 Å². The van der Waals surface area contributed by atoms with Crippen molar-refractivity contribution in [3.63, 3.8) is 0 Å². The zero-order chi connectivity index (χ0) is 18.3. The zero-order valence-corrected chi connectivity index (χ0v) is 15.9. The molecule has 0 saturated carbocycles.